The van der Waals surface area contributed by atoms with Crippen molar-refractivity contribution in [3.05, 3.63) is 0 Å². The molecular formula is C15H33N3O2P2. The van der Waals surface area contributed by atoms with Gasteiger partial charge in [0.05, 0.1) is 28.1 Å². The average Bonchev–Trinajstić information content (AvgIpc) is 2.36. The molecule has 130 valence electrons. The standard InChI is InChI=1S/C15H33N3O2P2/c1-12(2)17(13(3)4)21-20-22(19-11-9-10-16)18(14(5)6)15(7)8/h12-15,21H,9,11H2,1-8H3. The highest BCUT2D eigenvalue weighted by Crippen LogP contribution is 2.52. The molecule has 0 rings (SSSR count). The zero-order valence-corrected chi connectivity index (χ0v) is 17.2. The summed E-state index contributed by atoms with van der Waals surface area (Å²) in [7, 11) is -0.877. The van der Waals surface area contributed by atoms with E-state index in [2.05, 4.69) is 70.8 Å². The first-order valence-corrected chi connectivity index (χ1v) is 10.00. The second-order valence-electron chi connectivity index (χ2n) is 6.32. The van der Waals surface area contributed by atoms with Crippen molar-refractivity contribution < 1.29 is 8.83 Å². The molecule has 0 radical (unpaired) electrons. The quantitative estimate of drug-likeness (QED) is 0.392. The number of nitriles is 1. The van der Waals surface area contributed by atoms with E-state index < -0.39 is 8.53 Å². The van der Waals surface area contributed by atoms with Crippen LogP contribution in [0.3, 0.4) is 0 Å². The number of rotatable bonds is 11. The summed E-state index contributed by atoms with van der Waals surface area (Å²) < 4.78 is 16.7. The molecule has 0 aliphatic carbocycles. The molecule has 2 unspecified atom stereocenters. The van der Waals surface area contributed by atoms with Gasteiger partial charge in [0.25, 0.3) is 8.53 Å². The Morgan fingerprint density at radius 1 is 0.955 bits per heavy atom. The van der Waals surface area contributed by atoms with Crippen LogP contribution in [0.2, 0.25) is 0 Å². The summed E-state index contributed by atoms with van der Waals surface area (Å²) in [4.78, 5) is 0. The lowest BCUT2D eigenvalue weighted by Gasteiger charge is -2.37. The van der Waals surface area contributed by atoms with E-state index in [1.165, 1.54) is 0 Å². The summed E-state index contributed by atoms with van der Waals surface area (Å²) in [6.07, 6.45) is 0.396. The van der Waals surface area contributed by atoms with Crippen LogP contribution in [0.1, 0.15) is 61.8 Å². The van der Waals surface area contributed by atoms with Gasteiger partial charge in [-0.25, -0.2) is 4.67 Å². The number of hydrogen-bond acceptors (Lipinski definition) is 5. The Balaban J connectivity index is 4.87. The fourth-order valence-corrected chi connectivity index (χ4v) is 4.97. The van der Waals surface area contributed by atoms with Crippen molar-refractivity contribution in [2.45, 2.75) is 86.0 Å². The maximum atomic E-state index is 8.72. The molecule has 0 saturated heterocycles. The predicted octanol–water partition coefficient (Wildman–Crippen LogP) is 4.91. The third-order valence-corrected chi connectivity index (χ3v) is 6.90. The highest BCUT2D eigenvalue weighted by Gasteiger charge is 2.28. The first-order valence-electron chi connectivity index (χ1n) is 8.01. The minimum Gasteiger partial charge on any atom is -0.321 e. The lowest BCUT2D eigenvalue weighted by molar-refractivity contribution is 0.218. The van der Waals surface area contributed by atoms with Gasteiger partial charge < -0.3 is 4.52 Å². The Labute approximate surface area is 140 Å². The van der Waals surface area contributed by atoms with Crippen molar-refractivity contribution in [3.63, 3.8) is 0 Å². The van der Waals surface area contributed by atoms with Gasteiger partial charge in [0.15, 0.2) is 0 Å². The van der Waals surface area contributed by atoms with Crippen molar-refractivity contribution in [2.24, 2.45) is 0 Å². The van der Waals surface area contributed by atoms with Crippen molar-refractivity contribution in [1.29, 1.82) is 5.26 Å². The van der Waals surface area contributed by atoms with Crippen molar-refractivity contribution in [1.82, 2.24) is 9.34 Å². The fraction of sp³-hybridized carbons (Fsp3) is 0.933. The lowest BCUT2D eigenvalue weighted by Crippen LogP contribution is -2.34. The first-order chi connectivity index (χ1) is 10.2. The van der Waals surface area contributed by atoms with Crippen molar-refractivity contribution in [2.75, 3.05) is 6.61 Å². The Morgan fingerprint density at radius 3 is 1.82 bits per heavy atom. The molecule has 0 aliphatic rings. The fourth-order valence-electron chi connectivity index (χ4n) is 2.17. The molecule has 0 aliphatic heterocycles. The van der Waals surface area contributed by atoms with Crippen LogP contribution in [0.5, 0.6) is 0 Å². The average molecular weight is 349 g/mol. The van der Waals surface area contributed by atoms with Gasteiger partial charge in [-0.05, 0) is 55.4 Å². The van der Waals surface area contributed by atoms with E-state index in [0.717, 1.165) is 0 Å². The third-order valence-electron chi connectivity index (χ3n) is 3.00. The Bertz CT molecular complexity index is 317. The molecule has 2 atom stereocenters. The Hall–Kier alpha value is 0.190. The lowest BCUT2D eigenvalue weighted by atomic mass is 10.3. The summed E-state index contributed by atoms with van der Waals surface area (Å²) in [5, 5.41) is 8.72. The Kier molecular flexibility index (Phi) is 11.8. The van der Waals surface area contributed by atoms with Crippen molar-refractivity contribution in [3.8, 4) is 6.07 Å². The summed E-state index contributed by atoms with van der Waals surface area (Å²) in [5.41, 5.74) is 0. The molecule has 0 heterocycles. The van der Waals surface area contributed by atoms with Crippen LogP contribution < -0.4 is 0 Å². The Morgan fingerprint density at radius 2 is 1.45 bits per heavy atom. The van der Waals surface area contributed by atoms with E-state index >= 15 is 0 Å². The van der Waals surface area contributed by atoms with Gasteiger partial charge >= 0.3 is 0 Å². The van der Waals surface area contributed by atoms with Crippen molar-refractivity contribution >= 4 is 17.5 Å². The summed E-state index contributed by atoms with van der Waals surface area (Å²) >= 11 is 0. The SMILES string of the molecule is CC(C)N(POP(OCCC#N)N(C(C)C)C(C)C)C(C)C. The molecule has 0 N–H and O–H groups in total. The monoisotopic (exact) mass is 349 g/mol. The normalized spacial score (nSPS) is 14.4. The van der Waals surface area contributed by atoms with Gasteiger partial charge in [-0.2, -0.15) is 5.26 Å². The summed E-state index contributed by atoms with van der Waals surface area (Å²) in [5.74, 6) is 0. The second-order valence-corrected chi connectivity index (χ2v) is 8.95. The van der Waals surface area contributed by atoms with Crippen LogP contribution in [-0.2, 0) is 8.83 Å². The van der Waals surface area contributed by atoms with Crippen LogP contribution in [0.15, 0.2) is 0 Å². The topological polar surface area (TPSA) is 48.7 Å². The van der Waals surface area contributed by atoms with Crippen LogP contribution in [0, 0.1) is 11.3 Å². The third kappa shape index (κ3) is 8.16. The molecule has 5 nitrogen and oxygen atoms in total. The molecule has 22 heavy (non-hydrogen) atoms. The zero-order valence-electron chi connectivity index (χ0n) is 15.3. The molecule has 0 aromatic rings. The highest BCUT2D eigenvalue weighted by molar-refractivity contribution is 7.52. The molecule has 0 saturated carbocycles. The van der Waals surface area contributed by atoms with Gasteiger partial charge in [-0.1, -0.05) is 0 Å². The molecule has 0 aromatic carbocycles. The molecule has 7 heteroatoms. The maximum Gasteiger partial charge on any atom is 0.263 e. The van der Waals surface area contributed by atoms with Gasteiger partial charge in [0.2, 0.25) is 0 Å². The molecule has 0 bridgehead atoms. The molecule has 0 amide bonds. The minimum atomic E-state index is -1.14. The minimum absolute atomic E-state index is 0.267. The van der Waals surface area contributed by atoms with Gasteiger partial charge in [-0.3, -0.25) is 8.98 Å². The molecule has 0 aromatic heterocycles. The maximum absolute atomic E-state index is 8.72. The zero-order chi connectivity index (χ0) is 17.3. The van der Waals surface area contributed by atoms with E-state index in [1.54, 1.807) is 0 Å². The first kappa shape index (κ1) is 22.2. The summed E-state index contributed by atoms with van der Waals surface area (Å²) in [6, 6.07) is 3.66. The molecule has 0 fully saturated rings. The van der Waals surface area contributed by atoms with E-state index in [9.17, 15) is 0 Å². The number of hydrogen-bond donors (Lipinski definition) is 0. The van der Waals surface area contributed by atoms with E-state index in [-0.39, 0.29) is 8.96 Å². The summed E-state index contributed by atoms with van der Waals surface area (Å²) in [6.45, 7) is 17.7. The largest absolute Gasteiger partial charge is 0.321 e. The van der Waals surface area contributed by atoms with Crippen LogP contribution in [0.25, 0.3) is 0 Å². The highest BCUT2D eigenvalue weighted by atomic mass is 31.2. The molecule has 0 spiro atoms. The van der Waals surface area contributed by atoms with Gasteiger partial charge in [0.1, 0.15) is 0 Å². The second kappa shape index (κ2) is 11.7. The van der Waals surface area contributed by atoms with Crippen LogP contribution >= 0.6 is 17.5 Å². The molecular weight excluding hydrogens is 316 g/mol. The number of nitrogens with zero attached hydrogens (tertiary/aromatic N) is 3. The van der Waals surface area contributed by atoms with Gasteiger partial charge in [0, 0.05) is 24.2 Å². The van der Waals surface area contributed by atoms with Gasteiger partial charge in [-0.15, -0.1) is 0 Å². The van der Waals surface area contributed by atoms with E-state index in [4.69, 9.17) is 14.1 Å². The van der Waals surface area contributed by atoms with Crippen LogP contribution in [0.4, 0.5) is 0 Å². The van der Waals surface area contributed by atoms with E-state index in [1.807, 2.05) is 0 Å². The predicted molar refractivity (Wildman–Crippen MR) is 96.7 cm³/mol. The van der Waals surface area contributed by atoms with E-state index in [0.29, 0.717) is 37.2 Å². The smallest absolute Gasteiger partial charge is 0.263 e. The van der Waals surface area contributed by atoms with Crippen LogP contribution in [-0.4, -0.2) is 40.1 Å².